The number of hydrogen-bond acceptors (Lipinski definition) is 2. The minimum absolute atomic E-state index is 0.0499. The molecule has 0 aliphatic carbocycles. The molecule has 0 saturated heterocycles. The third kappa shape index (κ3) is 5.78. The number of rotatable bonds is 8. The Hall–Kier alpha value is -2.91. The van der Waals surface area contributed by atoms with Gasteiger partial charge in [-0.05, 0) is 30.0 Å². The SMILES string of the molecule is C[C@H](C[C@@](C)(O)c1ccccc1)C(=O)N(Cc1ccccc1)Cc1ccccc1. The van der Waals surface area contributed by atoms with Crippen LogP contribution in [0.15, 0.2) is 91.0 Å². The first-order valence-electron chi connectivity index (χ1n) is 10.1. The van der Waals surface area contributed by atoms with Gasteiger partial charge in [-0.1, -0.05) is 97.9 Å². The zero-order valence-electron chi connectivity index (χ0n) is 17.2. The molecule has 0 radical (unpaired) electrons. The molecule has 3 heteroatoms. The molecule has 3 nitrogen and oxygen atoms in total. The summed E-state index contributed by atoms with van der Waals surface area (Å²) in [5.41, 5.74) is 1.97. The number of hydrogen-bond donors (Lipinski definition) is 1. The maximum absolute atomic E-state index is 13.4. The molecule has 0 aliphatic heterocycles. The van der Waals surface area contributed by atoms with Crippen LogP contribution < -0.4 is 0 Å². The summed E-state index contributed by atoms with van der Waals surface area (Å²) in [5, 5.41) is 11.0. The van der Waals surface area contributed by atoms with Gasteiger partial charge in [0.15, 0.2) is 0 Å². The van der Waals surface area contributed by atoms with E-state index in [0.29, 0.717) is 19.5 Å². The van der Waals surface area contributed by atoms with Crippen molar-refractivity contribution in [2.24, 2.45) is 5.92 Å². The van der Waals surface area contributed by atoms with Crippen LogP contribution in [0.25, 0.3) is 0 Å². The van der Waals surface area contributed by atoms with Crippen molar-refractivity contribution >= 4 is 5.91 Å². The third-order valence-electron chi connectivity index (χ3n) is 5.27. The summed E-state index contributed by atoms with van der Waals surface area (Å²) in [5.74, 6) is -0.258. The fourth-order valence-electron chi connectivity index (χ4n) is 3.73. The Morgan fingerprint density at radius 2 is 1.24 bits per heavy atom. The van der Waals surface area contributed by atoms with E-state index in [4.69, 9.17) is 0 Å². The fourth-order valence-corrected chi connectivity index (χ4v) is 3.73. The van der Waals surface area contributed by atoms with E-state index in [1.807, 2.05) is 103 Å². The minimum Gasteiger partial charge on any atom is -0.385 e. The molecule has 3 rings (SSSR count). The van der Waals surface area contributed by atoms with Gasteiger partial charge in [-0.25, -0.2) is 0 Å². The van der Waals surface area contributed by atoms with Gasteiger partial charge in [0.25, 0.3) is 0 Å². The second-order valence-corrected chi connectivity index (χ2v) is 7.91. The second-order valence-electron chi connectivity index (χ2n) is 7.91. The average Bonchev–Trinajstić information content (AvgIpc) is 2.74. The molecule has 3 aromatic carbocycles. The molecule has 0 spiro atoms. The van der Waals surface area contributed by atoms with Gasteiger partial charge in [-0.15, -0.1) is 0 Å². The standard InChI is InChI=1S/C26H29NO2/c1-21(18-26(2,29)24-16-10-5-11-17-24)25(28)27(19-22-12-6-3-7-13-22)20-23-14-8-4-9-15-23/h3-17,21,29H,18-20H2,1-2H3/t21-,26-/m1/s1. The highest BCUT2D eigenvalue weighted by Crippen LogP contribution is 2.29. The number of amides is 1. The molecule has 1 N–H and O–H groups in total. The van der Waals surface area contributed by atoms with Gasteiger partial charge in [0.1, 0.15) is 0 Å². The Kier molecular flexibility index (Phi) is 6.84. The molecule has 0 unspecified atom stereocenters. The summed E-state index contributed by atoms with van der Waals surface area (Å²) in [6.45, 7) is 4.78. The largest absolute Gasteiger partial charge is 0.385 e. The molecule has 0 heterocycles. The summed E-state index contributed by atoms with van der Waals surface area (Å²) in [6.07, 6.45) is 0.371. The molecule has 0 aliphatic rings. The van der Waals surface area contributed by atoms with Crippen molar-refractivity contribution in [3.05, 3.63) is 108 Å². The number of carbonyl (C=O) groups is 1. The van der Waals surface area contributed by atoms with Crippen LogP contribution in [0.1, 0.15) is 37.0 Å². The monoisotopic (exact) mass is 387 g/mol. The highest BCUT2D eigenvalue weighted by molar-refractivity contribution is 5.78. The fraction of sp³-hybridized carbons (Fsp3) is 0.269. The number of aliphatic hydroxyl groups is 1. The average molecular weight is 388 g/mol. The van der Waals surface area contributed by atoms with Crippen LogP contribution in [0.4, 0.5) is 0 Å². The van der Waals surface area contributed by atoms with Gasteiger partial charge in [-0.3, -0.25) is 4.79 Å². The lowest BCUT2D eigenvalue weighted by atomic mass is 9.86. The van der Waals surface area contributed by atoms with E-state index in [9.17, 15) is 9.90 Å². The molecule has 3 aromatic rings. The summed E-state index contributed by atoms with van der Waals surface area (Å²) >= 11 is 0. The van der Waals surface area contributed by atoms with Gasteiger partial charge < -0.3 is 10.0 Å². The lowest BCUT2D eigenvalue weighted by molar-refractivity contribution is -0.138. The molecule has 0 fully saturated rings. The van der Waals surface area contributed by atoms with Crippen LogP contribution in [0.2, 0.25) is 0 Å². The maximum atomic E-state index is 13.4. The second kappa shape index (κ2) is 9.53. The van der Waals surface area contributed by atoms with E-state index in [1.54, 1.807) is 6.92 Å². The van der Waals surface area contributed by atoms with Crippen LogP contribution >= 0.6 is 0 Å². The van der Waals surface area contributed by atoms with Gasteiger partial charge in [0, 0.05) is 19.0 Å². The quantitative estimate of drug-likeness (QED) is 0.581. The van der Waals surface area contributed by atoms with E-state index < -0.39 is 5.60 Å². The van der Waals surface area contributed by atoms with Gasteiger partial charge in [0.05, 0.1) is 5.60 Å². The summed E-state index contributed by atoms with van der Waals surface area (Å²) in [4.78, 5) is 15.3. The molecule has 0 aromatic heterocycles. The zero-order valence-corrected chi connectivity index (χ0v) is 17.2. The van der Waals surface area contributed by atoms with Crippen molar-refractivity contribution in [3.8, 4) is 0 Å². The van der Waals surface area contributed by atoms with Crippen molar-refractivity contribution < 1.29 is 9.90 Å². The normalized spacial score (nSPS) is 14.0. The Bertz CT molecular complexity index is 850. The van der Waals surface area contributed by atoms with Crippen LogP contribution in [-0.2, 0) is 23.5 Å². The first-order valence-corrected chi connectivity index (χ1v) is 10.1. The lowest BCUT2D eigenvalue weighted by Gasteiger charge is -2.31. The summed E-state index contributed by atoms with van der Waals surface area (Å²) < 4.78 is 0. The number of nitrogens with zero attached hydrogens (tertiary/aromatic N) is 1. The molecular formula is C26H29NO2. The molecule has 0 bridgehead atoms. The van der Waals surface area contributed by atoms with Crippen LogP contribution in [-0.4, -0.2) is 15.9 Å². The molecule has 150 valence electrons. The highest BCUT2D eigenvalue weighted by Gasteiger charge is 2.30. The molecule has 0 saturated carbocycles. The van der Waals surface area contributed by atoms with E-state index in [-0.39, 0.29) is 11.8 Å². The van der Waals surface area contributed by atoms with E-state index >= 15 is 0 Å². The van der Waals surface area contributed by atoms with Gasteiger partial charge >= 0.3 is 0 Å². The Morgan fingerprint density at radius 1 is 0.828 bits per heavy atom. The van der Waals surface area contributed by atoms with Gasteiger partial charge in [-0.2, -0.15) is 0 Å². The number of benzene rings is 3. The van der Waals surface area contributed by atoms with Crippen LogP contribution in [0.3, 0.4) is 0 Å². The Morgan fingerprint density at radius 3 is 1.69 bits per heavy atom. The van der Waals surface area contributed by atoms with E-state index in [1.165, 1.54) is 0 Å². The smallest absolute Gasteiger partial charge is 0.226 e. The van der Waals surface area contributed by atoms with Crippen molar-refractivity contribution in [1.82, 2.24) is 4.90 Å². The molecule has 2 atom stereocenters. The van der Waals surface area contributed by atoms with Crippen molar-refractivity contribution in [1.29, 1.82) is 0 Å². The Labute approximate surface area is 173 Å². The maximum Gasteiger partial charge on any atom is 0.226 e. The van der Waals surface area contributed by atoms with Crippen LogP contribution in [0.5, 0.6) is 0 Å². The number of carbonyl (C=O) groups excluding carboxylic acids is 1. The minimum atomic E-state index is -1.05. The third-order valence-corrected chi connectivity index (χ3v) is 5.27. The van der Waals surface area contributed by atoms with Crippen molar-refractivity contribution in [2.45, 2.75) is 39.0 Å². The van der Waals surface area contributed by atoms with Crippen molar-refractivity contribution in [3.63, 3.8) is 0 Å². The Balaban J connectivity index is 1.77. The van der Waals surface area contributed by atoms with Crippen LogP contribution in [0, 0.1) is 5.92 Å². The summed E-state index contributed by atoms with van der Waals surface area (Å²) in [6, 6.07) is 29.6. The molecular weight excluding hydrogens is 358 g/mol. The van der Waals surface area contributed by atoms with Crippen molar-refractivity contribution in [2.75, 3.05) is 0 Å². The topological polar surface area (TPSA) is 40.5 Å². The predicted molar refractivity (Wildman–Crippen MR) is 117 cm³/mol. The highest BCUT2D eigenvalue weighted by atomic mass is 16.3. The van der Waals surface area contributed by atoms with E-state index in [2.05, 4.69) is 0 Å². The predicted octanol–water partition coefficient (Wildman–Crippen LogP) is 5.15. The first-order chi connectivity index (χ1) is 14.0. The van der Waals surface area contributed by atoms with Gasteiger partial charge in [0.2, 0.25) is 5.91 Å². The molecule has 29 heavy (non-hydrogen) atoms. The summed E-state index contributed by atoms with van der Waals surface area (Å²) in [7, 11) is 0. The zero-order chi connectivity index (χ0) is 20.7. The first kappa shape index (κ1) is 20.8. The molecule has 1 amide bonds. The lowest BCUT2D eigenvalue weighted by Crippen LogP contribution is -2.37. The van der Waals surface area contributed by atoms with E-state index in [0.717, 1.165) is 16.7 Å².